The molecule has 5 heterocycles. The Bertz CT molecular complexity index is 4040. The highest BCUT2D eigenvalue weighted by Crippen LogP contribution is 2.47. The Kier molecular flexibility index (Phi) is 26.6. The first-order chi connectivity index (χ1) is 50.8. The van der Waals surface area contributed by atoms with Gasteiger partial charge in [0.25, 0.3) is 17.7 Å². The number of aromatic nitrogens is 2. The van der Waals surface area contributed by atoms with E-state index in [-0.39, 0.29) is 53.3 Å². The number of esters is 3. The number of aliphatic hydroxyl groups is 1. The average Bonchev–Trinajstić information content (AvgIpc) is 1.29. The van der Waals surface area contributed by atoms with E-state index in [1.807, 2.05) is 120 Å². The zero-order valence-electron chi connectivity index (χ0n) is 64.2. The fourth-order valence-electron chi connectivity index (χ4n) is 14.2. The molecule has 588 valence electrons. The molecule has 4 aromatic rings. The number of ether oxygens (including phenoxy) is 4. The van der Waals surface area contributed by atoms with Gasteiger partial charge in [-0.2, -0.15) is 0 Å². The maximum atomic E-state index is 14.6. The Morgan fingerprint density at radius 1 is 0.769 bits per heavy atom. The van der Waals surface area contributed by atoms with Crippen molar-refractivity contribution in [2.75, 3.05) is 26.2 Å². The van der Waals surface area contributed by atoms with Gasteiger partial charge in [0.15, 0.2) is 20.5 Å². The molecule has 6 N–H and O–H groups in total. The Labute approximate surface area is 649 Å². The van der Waals surface area contributed by atoms with Gasteiger partial charge in [-0.05, 0) is 205 Å². The van der Waals surface area contributed by atoms with Gasteiger partial charge in [0.1, 0.15) is 30.3 Å². The highest BCUT2D eigenvalue weighted by atomic mass is 35.6. The van der Waals surface area contributed by atoms with Crippen LogP contribution in [0.1, 0.15) is 207 Å². The molecule has 2 aromatic heterocycles. The molecular weight excluding hydrogens is 1460 g/mol. The van der Waals surface area contributed by atoms with Crippen LogP contribution in [0.5, 0.6) is 0 Å². The predicted molar refractivity (Wildman–Crippen MR) is 415 cm³/mol. The number of nitrogens with one attached hydrogen (secondary N) is 5. The van der Waals surface area contributed by atoms with Crippen LogP contribution < -0.4 is 26.7 Å². The number of likely N-dealkylation sites (tertiary alicyclic amines) is 1. The highest BCUT2D eigenvalue weighted by molar-refractivity contribution is 6.74. The number of halogens is 3. The highest BCUT2D eigenvalue weighted by Gasteiger charge is 2.50. The largest absolute Gasteiger partial charge is 0.461 e. The number of nitrogens with zero attached hydrogens (tertiary/aromatic N) is 4. The molecular formula is C80H108Cl3N9O15Si. The van der Waals surface area contributed by atoms with Gasteiger partial charge < -0.3 is 54.6 Å². The van der Waals surface area contributed by atoms with Crippen LogP contribution in [0.2, 0.25) is 18.1 Å². The van der Waals surface area contributed by atoms with Crippen molar-refractivity contribution in [2.24, 2.45) is 28.6 Å². The van der Waals surface area contributed by atoms with Crippen molar-refractivity contribution in [3.63, 3.8) is 0 Å². The summed E-state index contributed by atoms with van der Waals surface area (Å²) in [5, 5.41) is 25.0. The number of carbonyl (C=O) groups excluding carboxylic acids is 9. The molecule has 2 saturated heterocycles. The van der Waals surface area contributed by atoms with Crippen LogP contribution in [0.25, 0.3) is 34.0 Å². The lowest BCUT2D eigenvalue weighted by Crippen LogP contribution is -2.61. The zero-order chi connectivity index (χ0) is 78.4. The Hall–Kier alpha value is -7.26. The molecule has 28 heteroatoms. The lowest BCUT2D eigenvalue weighted by Gasteiger charge is -2.43. The fraction of sp³-hybridized carbons (Fsp3) is 0.613. The average molecular weight is 1570 g/mol. The van der Waals surface area contributed by atoms with Crippen molar-refractivity contribution in [1.82, 2.24) is 46.6 Å². The van der Waals surface area contributed by atoms with Crippen LogP contribution in [0, 0.1) is 28.6 Å². The molecule has 1 unspecified atom stereocenters. The van der Waals surface area contributed by atoms with E-state index in [1.165, 1.54) is 9.91 Å². The van der Waals surface area contributed by atoms with Crippen molar-refractivity contribution in [3.05, 3.63) is 95.3 Å². The number of hydrogen-bond acceptors (Lipinski definition) is 18. The van der Waals surface area contributed by atoms with Crippen molar-refractivity contribution < 1.29 is 71.6 Å². The SMILES string of the molecule is C[C@@H]1NC(=O)[C@H](C2CC2)OC(=O)C2(/C=C/c3ccc4ccc(nc4c3)[C@@H](C)NC(=O)[C@@H]3CCCN(N3)C1=O)CCC(O)CC2.C[C@H](NC(=O)C(OC(=O)C1(/C=C/c2ccc3ccc([C@@H](C)NC(=O)OC(C)(C)C)nc3c2)CCC(O[Si](C)(C)C(C)(C)C)CC1)C1CC1)C(=O)N1CCC[C@@H](C(=O)OCC(Cl)(Cl)Cl)C1. The van der Waals surface area contributed by atoms with Crippen LogP contribution in [0.3, 0.4) is 0 Å². The third kappa shape index (κ3) is 21.9. The number of cyclic esters (lactones) is 1. The number of alkyl halides is 3. The van der Waals surface area contributed by atoms with Gasteiger partial charge in [-0.3, -0.25) is 53.3 Å². The van der Waals surface area contributed by atoms with Crippen molar-refractivity contribution >= 4 is 131 Å². The molecule has 2 aromatic carbocycles. The molecule has 24 nitrogen and oxygen atoms in total. The molecule has 4 saturated carbocycles. The molecule has 0 radical (unpaired) electrons. The van der Waals surface area contributed by atoms with Crippen molar-refractivity contribution in [2.45, 2.75) is 254 Å². The summed E-state index contributed by atoms with van der Waals surface area (Å²) < 4.78 is 27.9. The lowest BCUT2D eigenvalue weighted by atomic mass is 9.72. The quantitative estimate of drug-likeness (QED) is 0.0279. The summed E-state index contributed by atoms with van der Waals surface area (Å²) >= 11 is 17.3. The second kappa shape index (κ2) is 34.6. The van der Waals surface area contributed by atoms with E-state index in [1.54, 1.807) is 13.8 Å². The van der Waals surface area contributed by atoms with Crippen LogP contribution in [0.4, 0.5) is 4.79 Å². The van der Waals surface area contributed by atoms with E-state index >= 15 is 0 Å². The van der Waals surface area contributed by atoms with E-state index in [0.29, 0.717) is 114 Å². The van der Waals surface area contributed by atoms with Gasteiger partial charge in [0, 0.05) is 48.3 Å². The minimum absolute atomic E-state index is 0.0186. The molecule has 8 atom stereocenters. The topological polar surface area (TPSA) is 312 Å². The minimum Gasteiger partial charge on any atom is -0.461 e. The summed E-state index contributed by atoms with van der Waals surface area (Å²) in [6.45, 7) is 23.9. The molecule has 11 rings (SSSR count). The van der Waals surface area contributed by atoms with Crippen LogP contribution in [0.15, 0.2) is 72.8 Å². The van der Waals surface area contributed by atoms with Gasteiger partial charge in [-0.25, -0.2) is 10.2 Å². The zero-order valence-corrected chi connectivity index (χ0v) is 67.5. The molecule has 7 aliphatic rings. The first kappa shape index (κ1) is 83.2. The van der Waals surface area contributed by atoms with E-state index in [9.17, 15) is 48.3 Å². The smallest absolute Gasteiger partial charge is 0.408 e. The normalized spacial score (nSPS) is 26.9. The molecule has 3 aliphatic heterocycles. The third-order valence-electron chi connectivity index (χ3n) is 22.2. The second-order valence-electron chi connectivity index (χ2n) is 33.2. The number of aliphatic hydroxyl groups excluding tert-OH is 1. The monoisotopic (exact) mass is 1570 g/mol. The molecule has 5 bridgehead atoms. The van der Waals surface area contributed by atoms with E-state index in [0.717, 1.165) is 45.8 Å². The molecule has 6 fully saturated rings. The number of piperidine rings is 1. The fourth-order valence-corrected chi connectivity index (χ4v) is 15.8. The summed E-state index contributed by atoms with van der Waals surface area (Å²) in [5.74, 6) is -4.43. The first-order valence-corrected chi connectivity index (χ1v) is 42.3. The summed E-state index contributed by atoms with van der Waals surface area (Å²) in [6, 6.07) is 16.2. The van der Waals surface area contributed by atoms with Gasteiger partial charge >= 0.3 is 24.0 Å². The standard InChI is InChI=1S/C47H67Cl3N4O9Si.C33H41N5O6/c1-29(52-43(59)62-44(3,4)5)36-18-17-32-14-13-31(26-37(32)53-36)19-22-46(23-20-35(21-24-46)63-64(9,10)45(6,7)8)42(58)61-38(33-15-16-33)39(55)51-30(2)40(56)54-25-11-12-34(27-54)41(57)60-28-47(48,49)50;1-19-25-10-9-22-6-5-21(18-27(22)36-25)11-14-33(15-12-24(39)13-16-33)32(43)44-28(23-7-8-23)30(41)35-20(2)31(42)38-17-3-4-26(37-38)29(40)34-19/h13-14,17-19,22,26,29-30,33-35,38H,11-12,15-16,20-21,23-25,27-28H2,1-10H3,(H,51,55)(H,52,59);5-6,9-11,14,18-20,23-24,26,28,37,39H,3-4,7-8,12-13,15-17H2,1-2H3,(H,34,40)(H,35,41)/b22-19+;14-11+/t29-,30+,34-,35?,38?,46?;19-,20+,24?,26+,28+,33?/m11/s1. The number of alkyl carbamates (subject to hydrolysis) is 1. The van der Waals surface area contributed by atoms with E-state index in [2.05, 4.69) is 60.6 Å². The second-order valence-corrected chi connectivity index (χ2v) is 40.5. The molecule has 108 heavy (non-hydrogen) atoms. The number of hydrogen-bond donors (Lipinski definition) is 6. The van der Waals surface area contributed by atoms with Gasteiger partial charge in [0.2, 0.25) is 15.6 Å². The Balaban J connectivity index is 0.000000246. The number of hydrazine groups is 1. The number of amides is 6. The molecule has 1 spiro atoms. The summed E-state index contributed by atoms with van der Waals surface area (Å²) in [5.41, 5.74) is 4.86. The van der Waals surface area contributed by atoms with E-state index < -0.39 is 119 Å². The summed E-state index contributed by atoms with van der Waals surface area (Å²) in [6.07, 6.45) is 13.5. The minimum atomic E-state index is -2.09. The number of rotatable bonds is 15. The maximum absolute atomic E-state index is 14.6. The van der Waals surface area contributed by atoms with Gasteiger partial charge in [0.05, 0.1) is 57.4 Å². The number of pyridine rings is 2. The lowest BCUT2D eigenvalue weighted by molar-refractivity contribution is -0.167. The first-order valence-electron chi connectivity index (χ1n) is 38.3. The number of fused-ring (bicyclic) bond motifs is 5. The van der Waals surface area contributed by atoms with Crippen molar-refractivity contribution in [1.29, 1.82) is 0 Å². The third-order valence-corrected chi connectivity index (χ3v) is 27.0. The summed E-state index contributed by atoms with van der Waals surface area (Å²) in [7, 11) is -2.09. The predicted octanol–water partition coefficient (Wildman–Crippen LogP) is 12.4. The maximum Gasteiger partial charge on any atom is 0.408 e. The van der Waals surface area contributed by atoms with Crippen LogP contribution >= 0.6 is 34.8 Å². The van der Waals surface area contributed by atoms with Crippen molar-refractivity contribution in [3.8, 4) is 0 Å². The molecule has 4 aliphatic carbocycles. The number of carbonyl (C=O) groups is 9. The molecule has 6 amide bonds. The van der Waals surface area contributed by atoms with Crippen LogP contribution in [-0.4, -0.2) is 165 Å². The van der Waals surface area contributed by atoms with Gasteiger partial charge in [-0.15, -0.1) is 0 Å². The Morgan fingerprint density at radius 3 is 2.07 bits per heavy atom. The van der Waals surface area contributed by atoms with Crippen LogP contribution in [-0.2, 0) is 61.7 Å². The van der Waals surface area contributed by atoms with Gasteiger partial charge in [-0.1, -0.05) is 116 Å². The Morgan fingerprint density at radius 2 is 1.42 bits per heavy atom. The summed E-state index contributed by atoms with van der Waals surface area (Å²) in [4.78, 5) is 133. The van der Waals surface area contributed by atoms with E-state index in [4.69, 9.17) is 68.1 Å². The number of benzene rings is 2.